The van der Waals surface area contributed by atoms with Gasteiger partial charge in [-0.3, -0.25) is 4.79 Å². The normalized spacial score (nSPS) is 15.1. The summed E-state index contributed by atoms with van der Waals surface area (Å²) in [5.74, 6) is 1.71. The van der Waals surface area contributed by atoms with Crippen LogP contribution < -0.4 is 20.7 Å². The van der Waals surface area contributed by atoms with Crippen molar-refractivity contribution in [3.8, 4) is 5.75 Å². The predicted molar refractivity (Wildman–Crippen MR) is 129 cm³/mol. The van der Waals surface area contributed by atoms with Crippen LogP contribution in [0.25, 0.3) is 10.9 Å². The molecule has 7 heteroatoms. The number of aromatic nitrogens is 1. The van der Waals surface area contributed by atoms with Crippen molar-refractivity contribution in [3.05, 3.63) is 59.7 Å². The molecule has 0 saturated heterocycles. The second-order valence-corrected chi connectivity index (χ2v) is 8.40. The first-order chi connectivity index (χ1) is 15.5. The zero-order chi connectivity index (χ0) is 22.5. The van der Waals surface area contributed by atoms with Crippen LogP contribution in [0.5, 0.6) is 5.75 Å². The number of likely N-dealkylation sites (N-methyl/N-ethyl adjacent to an activating group) is 1. The largest absolute Gasteiger partial charge is 0.496 e. The molecular weight excluding hydrogens is 402 g/mol. The first-order valence-corrected chi connectivity index (χ1v) is 11.0. The third kappa shape index (κ3) is 5.18. The quantitative estimate of drug-likeness (QED) is 0.449. The van der Waals surface area contributed by atoms with Crippen LogP contribution >= 0.6 is 0 Å². The van der Waals surface area contributed by atoms with Crippen molar-refractivity contribution in [1.29, 1.82) is 0 Å². The Morgan fingerprint density at radius 2 is 2.06 bits per heavy atom. The first-order valence-electron chi connectivity index (χ1n) is 11.0. The monoisotopic (exact) mass is 433 g/mol. The van der Waals surface area contributed by atoms with E-state index in [0.29, 0.717) is 6.54 Å². The molecule has 1 atom stereocenters. The van der Waals surface area contributed by atoms with Crippen LogP contribution in [-0.4, -0.2) is 56.6 Å². The minimum Gasteiger partial charge on any atom is -0.496 e. The molecule has 1 aliphatic carbocycles. The third-order valence-corrected chi connectivity index (χ3v) is 5.74. The summed E-state index contributed by atoms with van der Waals surface area (Å²) in [7, 11) is 5.74. The Hall–Kier alpha value is -3.16. The molecule has 1 heterocycles. The van der Waals surface area contributed by atoms with Crippen molar-refractivity contribution in [1.82, 2.24) is 15.2 Å². The number of fused-ring (bicyclic) bond motifs is 2. The van der Waals surface area contributed by atoms with E-state index in [1.54, 1.807) is 7.11 Å². The highest BCUT2D eigenvalue weighted by Gasteiger charge is 2.26. The molecule has 168 valence electrons. The molecular formula is C25H31N5O2. The number of rotatable bonds is 9. The van der Waals surface area contributed by atoms with E-state index < -0.39 is 0 Å². The number of pyridine rings is 1. The molecule has 3 N–H and O–H groups in total. The highest BCUT2D eigenvalue weighted by atomic mass is 16.5. The number of benzene rings is 2. The van der Waals surface area contributed by atoms with Crippen LogP contribution in [0.2, 0.25) is 0 Å². The highest BCUT2D eigenvalue weighted by Crippen LogP contribution is 2.39. The molecule has 4 rings (SSSR count). The Morgan fingerprint density at radius 3 is 2.88 bits per heavy atom. The maximum atomic E-state index is 12.2. The van der Waals surface area contributed by atoms with Crippen molar-refractivity contribution < 1.29 is 9.53 Å². The van der Waals surface area contributed by atoms with Crippen LogP contribution in [0.4, 0.5) is 11.5 Å². The second-order valence-electron chi connectivity index (χ2n) is 8.40. The zero-order valence-electron chi connectivity index (χ0n) is 18.9. The van der Waals surface area contributed by atoms with E-state index in [0.717, 1.165) is 54.1 Å². The van der Waals surface area contributed by atoms with Gasteiger partial charge in [-0.15, -0.1) is 0 Å². The van der Waals surface area contributed by atoms with Crippen LogP contribution in [-0.2, 0) is 11.2 Å². The minimum absolute atomic E-state index is 0.0526. The number of hydrogen-bond acceptors (Lipinski definition) is 6. The summed E-state index contributed by atoms with van der Waals surface area (Å²) in [6.07, 6.45) is 2.05. The fraction of sp³-hybridized carbons (Fsp3) is 0.360. The molecule has 0 saturated carbocycles. The third-order valence-electron chi connectivity index (χ3n) is 5.74. The number of amides is 1. The van der Waals surface area contributed by atoms with Crippen molar-refractivity contribution in [2.45, 2.75) is 18.9 Å². The molecule has 1 aliphatic rings. The Bertz CT molecular complexity index is 1100. The lowest BCUT2D eigenvalue weighted by Gasteiger charge is -2.18. The van der Waals surface area contributed by atoms with Gasteiger partial charge in [0.05, 0.1) is 25.2 Å². The molecule has 32 heavy (non-hydrogen) atoms. The molecule has 0 radical (unpaired) electrons. The van der Waals surface area contributed by atoms with Crippen molar-refractivity contribution in [2.75, 3.05) is 51.5 Å². The number of aryl methyl sites for hydroxylation is 1. The topological polar surface area (TPSA) is 78.5 Å². The molecule has 7 nitrogen and oxygen atoms in total. The Kier molecular flexibility index (Phi) is 6.87. The van der Waals surface area contributed by atoms with Gasteiger partial charge in [0.15, 0.2) is 0 Å². The molecule has 0 spiro atoms. The van der Waals surface area contributed by atoms with E-state index >= 15 is 0 Å². The van der Waals surface area contributed by atoms with Gasteiger partial charge in [-0.2, -0.15) is 0 Å². The lowest BCUT2D eigenvalue weighted by Crippen LogP contribution is -2.33. The first kappa shape index (κ1) is 22.0. The Labute approximate surface area is 189 Å². The number of carbonyl (C=O) groups is 1. The second kappa shape index (κ2) is 9.97. The summed E-state index contributed by atoms with van der Waals surface area (Å²) >= 11 is 0. The summed E-state index contributed by atoms with van der Waals surface area (Å²) in [4.78, 5) is 19.0. The number of carbonyl (C=O) groups excluding carboxylic acids is 1. The summed E-state index contributed by atoms with van der Waals surface area (Å²) in [6.45, 7) is 1.96. The van der Waals surface area contributed by atoms with Crippen molar-refractivity contribution >= 4 is 28.3 Å². The summed E-state index contributed by atoms with van der Waals surface area (Å²) in [5, 5.41) is 10.7. The standard InChI is InChI=1S/C25H31N5O2/c1-30(2)14-13-26-16-24(31)27-19-9-11-20-18(15-19)8-12-23(28-20)29-21-10-7-17-5-4-6-22(32-3)25(17)21/h4-6,8-9,11-12,15,21,26H,7,10,13-14,16H2,1-3H3,(H,27,31)(H,28,29). The number of nitrogens with one attached hydrogen (secondary N) is 3. The van der Waals surface area contributed by atoms with Crippen LogP contribution in [0.3, 0.4) is 0 Å². The zero-order valence-corrected chi connectivity index (χ0v) is 18.9. The van der Waals surface area contributed by atoms with Gasteiger partial charge in [0, 0.05) is 29.7 Å². The SMILES string of the molecule is COc1cccc2c1C(Nc1ccc3cc(NC(=O)CNCCN(C)C)ccc3n1)CC2. The molecule has 1 amide bonds. The number of hydrogen-bond donors (Lipinski definition) is 3. The molecule has 1 unspecified atom stereocenters. The number of ether oxygens (including phenoxy) is 1. The van der Waals surface area contributed by atoms with Gasteiger partial charge in [-0.05, 0) is 68.9 Å². The fourth-order valence-corrected chi connectivity index (χ4v) is 4.14. The summed E-state index contributed by atoms with van der Waals surface area (Å²) in [6, 6.07) is 16.2. The smallest absolute Gasteiger partial charge is 0.238 e. The highest BCUT2D eigenvalue weighted by molar-refractivity contribution is 5.95. The fourth-order valence-electron chi connectivity index (χ4n) is 4.14. The van der Waals surface area contributed by atoms with Crippen molar-refractivity contribution in [3.63, 3.8) is 0 Å². The molecule has 3 aromatic rings. The van der Waals surface area contributed by atoms with Gasteiger partial charge in [0.1, 0.15) is 11.6 Å². The molecule has 2 aromatic carbocycles. The van der Waals surface area contributed by atoms with Gasteiger partial charge in [0.2, 0.25) is 5.91 Å². The average molecular weight is 434 g/mol. The van der Waals surface area contributed by atoms with E-state index in [1.165, 1.54) is 11.1 Å². The summed E-state index contributed by atoms with van der Waals surface area (Å²) < 4.78 is 5.58. The van der Waals surface area contributed by atoms with Crippen LogP contribution in [0, 0.1) is 0 Å². The lowest BCUT2D eigenvalue weighted by molar-refractivity contribution is -0.115. The molecule has 0 aliphatic heterocycles. The van der Waals surface area contributed by atoms with Gasteiger partial charge in [-0.25, -0.2) is 4.98 Å². The van der Waals surface area contributed by atoms with E-state index in [4.69, 9.17) is 9.72 Å². The van der Waals surface area contributed by atoms with E-state index in [9.17, 15) is 4.79 Å². The lowest BCUT2D eigenvalue weighted by atomic mass is 10.1. The Morgan fingerprint density at radius 1 is 1.19 bits per heavy atom. The van der Waals surface area contributed by atoms with Crippen LogP contribution in [0.1, 0.15) is 23.6 Å². The summed E-state index contributed by atoms with van der Waals surface area (Å²) in [5.41, 5.74) is 4.22. The minimum atomic E-state index is -0.0526. The molecule has 0 bridgehead atoms. The molecule has 1 aromatic heterocycles. The maximum absolute atomic E-state index is 12.2. The van der Waals surface area contributed by atoms with Crippen molar-refractivity contribution in [2.24, 2.45) is 0 Å². The maximum Gasteiger partial charge on any atom is 0.238 e. The van der Waals surface area contributed by atoms with Gasteiger partial charge in [0.25, 0.3) is 0 Å². The van der Waals surface area contributed by atoms with Gasteiger partial charge in [-0.1, -0.05) is 12.1 Å². The predicted octanol–water partition coefficient (Wildman–Crippen LogP) is 3.43. The average Bonchev–Trinajstić information content (AvgIpc) is 3.19. The number of anilines is 2. The Balaban J connectivity index is 1.40. The molecule has 0 fully saturated rings. The van der Waals surface area contributed by atoms with E-state index in [1.807, 2.05) is 56.6 Å². The number of methoxy groups -OCH3 is 1. The van der Waals surface area contributed by atoms with Gasteiger partial charge < -0.3 is 25.6 Å². The number of nitrogens with zero attached hydrogens (tertiary/aromatic N) is 2. The van der Waals surface area contributed by atoms with E-state index in [2.05, 4.69) is 26.9 Å². The van der Waals surface area contributed by atoms with Gasteiger partial charge >= 0.3 is 0 Å². The van der Waals surface area contributed by atoms with Crippen LogP contribution in [0.15, 0.2) is 48.5 Å². The van der Waals surface area contributed by atoms with E-state index in [-0.39, 0.29) is 11.9 Å².